The fourth-order valence-corrected chi connectivity index (χ4v) is 2.23. The molecular weight excluding hydrogens is 232 g/mol. The van der Waals surface area contributed by atoms with Crippen molar-refractivity contribution in [3.05, 3.63) is 52.5 Å². The van der Waals surface area contributed by atoms with Crippen molar-refractivity contribution in [1.29, 1.82) is 0 Å². The molecule has 0 saturated carbocycles. The zero-order chi connectivity index (χ0) is 12.1. The van der Waals surface area contributed by atoms with Gasteiger partial charge in [0.15, 0.2) is 5.78 Å². The highest BCUT2D eigenvalue weighted by Gasteiger charge is 2.15. The molecule has 17 heavy (non-hydrogen) atoms. The van der Waals surface area contributed by atoms with Crippen molar-refractivity contribution in [2.75, 3.05) is 0 Å². The summed E-state index contributed by atoms with van der Waals surface area (Å²) in [6, 6.07) is 9.38. The highest BCUT2D eigenvalue weighted by Crippen LogP contribution is 2.08. The Morgan fingerprint density at radius 3 is 2.76 bits per heavy atom. The van der Waals surface area contributed by atoms with Gasteiger partial charge in [0.25, 0.3) is 0 Å². The second-order valence-electron chi connectivity index (χ2n) is 3.87. The van der Waals surface area contributed by atoms with E-state index in [0.29, 0.717) is 12.8 Å². The van der Waals surface area contributed by atoms with Gasteiger partial charge in [-0.3, -0.25) is 4.79 Å². The van der Waals surface area contributed by atoms with E-state index >= 15 is 0 Å². The molecular formula is C13H14N2OS. The minimum atomic E-state index is -0.443. The number of carbonyl (C=O) groups excluding carboxylic acids is 1. The van der Waals surface area contributed by atoms with Crippen molar-refractivity contribution in [2.45, 2.75) is 18.9 Å². The summed E-state index contributed by atoms with van der Waals surface area (Å²) in [6.45, 7) is 0. The molecule has 0 aliphatic rings. The molecule has 0 radical (unpaired) electrons. The van der Waals surface area contributed by atoms with Gasteiger partial charge in [0.05, 0.1) is 17.5 Å². The molecule has 0 spiro atoms. The van der Waals surface area contributed by atoms with Crippen molar-refractivity contribution in [2.24, 2.45) is 5.73 Å². The second-order valence-corrected chi connectivity index (χ2v) is 4.84. The van der Waals surface area contributed by atoms with Crippen LogP contribution < -0.4 is 5.73 Å². The normalized spacial score (nSPS) is 12.3. The van der Waals surface area contributed by atoms with Crippen LogP contribution in [-0.2, 0) is 17.6 Å². The molecule has 4 heteroatoms. The molecule has 1 heterocycles. The molecule has 1 aromatic carbocycles. The minimum absolute atomic E-state index is 0.0452. The van der Waals surface area contributed by atoms with Crippen LogP contribution in [0.25, 0.3) is 0 Å². The van der Waals surface area contributed by atoms with E-state index in [-0.39, 0.29) is 5.78 Å². The standard InChI is InChI=1S/C13H14N2OS/c14-11(8-10-4-2-1-3-5-10)12(16)9-13-15-6-7-17-13/h1-7,11H,8-9,14H2. The van der Waals surface area contributed by atoms with Crippen LogP contribution in [0.15, 0.2) is 41.9 Å². The quantitative estimate of drug-likeness (QED) is 0.875. The first-order chi connectivity index (χ1) is 8.25. The number of aromatic nitrogens is 1. The van der Waals surface area contributed by atoms with Crippen LogP contribution in [0.2, 0.25) is 0 Å². The summed E-state index contributed by atoms with van der Waals surface area (Å²) in [7, 11) is 0. The SMILES string of the molecule is NC(Cc1ccccc1)C(=O)Cc1nccs1. The zero-order valence-electron chi connectivity index (χ0n) is 9.37. The molecule has 0 fully saturated rings. The van der Waals surface area contributed by atoms with E-state index in [2.05, 4.69) is 4.98 Å². The molecule has 0 amide bonds. The summed E-state index contributed by atoms with van der Waals surface area (Å²) in [5.74, 6) is 0.0452. The van der Waals surface area contributed by atoms with Crippen LogP contribution in [0.4, 0.5) is 0 Å². The number of rotatable bonds is 5. The Hall–Kier alpha value is -1.52. The molecule has 3 nitrogen and oxygen atoms in total. The number of hydrogen-bond donors (Lipinski definition) is 1. The van der Waals surface area contributed by atoms with Crippen LogP contribution >= 0.6 is 11.3 Å². The van der Waals surface area contributed by atoms with Gasteiger partial charge in [-0.05, 0) is 12.0 Å². The van der Waals surface area contributed by atoms with Crippen molar-refractivity contribution in [3.8, 4) is 0 Å². The summed E-state index contributed by atoms with van der Waals surface area (Å²) in [5, 5.41) is 2.70. The molecule has 2 N–H and O–H groups in total. The van der Waals surface area contributed by atoms with Crippen molar-refractivity contribution >= 4 is 17.1 Å². The van der Waals surface area contributed by atoms with E-state index < -0.39 is 6.04 Å². The third-order valence-electron chi connectivity index (χ3n) is 2.52. The maximum Gasteiger partial charge on any atom is 0.156 e. The molecule has 2 rings (SSSR count). The summed E-state index contributed by atoms with van der Waals surface area (Å²) in [4.78, 5) is 15.9. The van der Waals surface area contributed by atoms with Gasteiger partial charge in [-0.25, -0.2) is 4.98 Å². The van der Waals surface area contributed by atoms with E-state index in [1.807, 2.05) is 35.7 Å². The van der Waals surface area contributed by atoms with Crippen molar-refractivity contribution in [3.63, 3.8) is 0 Å². The van der Waals surface area contributed by atoms with E-state index in [4.69, 9.17) is 5.73 Å². The average molecular weight is 246 g/mol. The number of carbonyl (C=O) groups is 1. The predicted octanol–water partition coefficient (Wildman–Crippen LogP) is 1.82. The lowest BCUT2D eigenvalue weighted by atomic mass is 10.0. The first kappa shape index (κ1) is 12.0. The number of hydrogen-bond acceptors (Lipinski definition) is 4. The van der Waals surface area contributed by atoms with Gasteiger partial charge >= 0.3 is 0 Å². The fraction of sp³-hybridized carbons (Fsp3) is 0.231. The Bertz CT molecular complexity index is 467. The first-order valence-electron chi connectivity index (χ1n) is 5.46. The van der Waals surface area contributed by atoms with Crippen LogP contribution in [0.3, 0.4) is 0 Å². The Labute approximate surface area is 104 Å². The minimum Gasteiger partial charge on any atom is -0.321 e. The molecule has 88 valence electrons. The largest absolute Gasteiger partial charge is 0.321 e. The number of thiazole rings is 1. The number of nitrogens with zero attached hydrogens (tertiary/aromatic N) is 1. The maximum atomic E-state index is 11.9. The maximum absolute atomic E-state index is 11.9. The lowest BCUT2D eigenvalue weighted by molar-refractivity contribution is -0.119. The molecule has 2 aromatic rings. The highest BCUT2D eigenvalue weighted by molar-refractivity contribution is 7.09. The van der Waals surface area contributed by atoms with E-state index in [0.717, 1.165) is 10.6 Å². The van der Waals surface area contributed by atoms with Gasteiger partial charge in [0.1, 0.15) is 0 Å². The number of nitrogens with two attached hydrogens (primary N) is 1. The average Bonchev–Trinajstić information content (AvgIpc) is 2.83. The summed E-state index contributed by atoms with van der Waals surface area (Å²) in [5.41, 5.74) is 6.98. The third-order valence-corrected chi connectivity index (χ3v) is 3.30. The highest BCUT2D eigenvalue weighted by atomic mass is 32.1. The Morgan fingerprint density at radius 2 is 2.12 bits per heavy atom. The van der Waals surface area contributed by atoms with Crippen LogP contribution in [0, 0.1) is 0 Å². The Balaban J connectivity index is 1.92. The molecule has 0 aliphatic carbocycles. The molecule has 0 aliphatic heterocycles. The van der Waals surface area contributed by atoms with E-state index in [1.165, 1.54) is 11.3 Å². The monoisotopic (exact) mass is 246 g/mol. The topological polar surface area (TPSA) is 56.0 Å². The van der Waals surface area contributed by atoms with E-state index in [9.17, 15) is 4.79 Å². The van der Waals surface area contributed by atoms with Crippen LogP contribution in [0.1, 0.15) is 10.6 Å². The summed E-state index contributed by atoms with van der Waals surface area (Å²) < 4.78 is 0. The molecule has 0 bridgehead atoms. The van der Waals surface area contributed by atoms with E-state index in [1.54, 1.807) is 6.20 Å². The van der Waals surface area contributed by atoms with Gasteiger partial charge in [0.2, 0.25) is 0 Å². The molecule has 0 saturated heterocycles. The van der Waals surface area contributed by atoms with Crippen molar-refractivity contribution < 1.29 is 4.79 Å². The summed E-state index contributed by atoms with van der Waals surface area (Å²) >= 11 is 1.49. The first-order valence-corrected chi connectivity index (χ1v) is 6.34. The summed E-state index contributed by atoms with van der Waals surface area (Å²) in [6.07, 6.45) is 2.63. The fourth-order valence-electron chi connectivity index (χ4n) is 1.60. The Morgan fingerprint density at radius 1 is 1.35 bits per heavy atom. The zero-order valence-corrected chi connectivity index (χ0v) is 10.2. The predicted molar refractivity (Wildman–Crippen MR) is 68.9 cm³/mol. The second kappa shape index (κ2) is 5.70. The van der Waals surface area contributed by atoms with Gasteiger partial charge in [0, 0.05) is 11.6 Å². The van der Waals surface area contributed by atoms with Crippen LogP contribution in [0.5, 0.6) is 0 Å². The van der Waals surface area contributed by atoms with Gasteiger partial charge in [-0.1, -0.05) is 30.3 Å². The molecule has 1 unspecified atom stereocenters. The van der Waals surface area contributed by atoms with Crippen LogP contribution in [-0.4, -0.2) is 16.8 Å². The third kappa shape index (κ3) is 3.47. The molecule has 1 aromatic heterocycles. The number of Topliss-reactive ketones (excluding diaryl/α,β-unsaturated/α-hetero) is 1. The van der Waals surface area contributed by atoms with Gasteiger partial charge < -0.3 is 5.73 Å². The smallest absolute Gasteiger partial charge is 0.156 e. The lowest BCUT2D eigenvalue weighted by Gasteiger charge is -2.09. The molecule has 1 atom stereocenters. The number of ketones is 1. The lowest BCUT2D eigenvalue weighted by Crippen LogP contribution is -2.33. The van der Waals surface area contributed by atoms with Gasteiger partial charge in [-0.2, -0.15) is 0 Å². The Kier molecular flexibility index (Phi) is 4.01. The van der Waals surface area contributed by atoms with Crippen molar-refractivity contribution in [1.82, 2.24) is 4.98 Å². The number of benzene rings is 1. The van der Waals surface area contributed by atoms with Gasteiger partial charge in [-0.15, -0.1) is 11.3 Å².